The van der Waals surface area contributed by atoms with Crippen LogP contribution >= 0.6 is 11.6 Å². The first-order valence-corrected chi connectivity index (χ1v) is 9.73. The van der Waals surface area contributed by atoms with E-state index in [0.29, 0.717) is 29.0 Å². The third-order valence-corrected chi connectivity index (χ3v) is 5.40. The van der Waals surface area contributed by atoms with Crippen molar-refractivity contribution in [1.29, 1.82) is 0 Å². The van der Waals surface area contributed by atoms with Crippen molar-refractivity contribution in [3.05, 3.63) is 68.7 Å². The van der Waals surface area contributed by atoms with Crippen LogP contribution < -0.4 is 16.1 Å². The third-order valence-electron chi connectivity index (χ3n) is 5.15. The minimum atomic E-state index is -0.553. The number of imidazole rings is 1. The van der Waals surface area contributed by atoms with E-state index in [1.165, 1.54) is 21.9 Å². The molecule has 154 valence electrons. The molecule has 0 bridgehead atoms. The van der Waals surface area contributed by atoms with E-state index in [4.69, 9.17) is 20.8 Å². The fourth-order valence-electron chi connectivity index (χ4n) is 3.49. The lowest BCUT2D eigenvalue weighted by molar-refractivity contribution is 0.0616. The van der Waals surface area contributed by atoms with Crippen LogP contribution in [0.15, 0.2) is 50.9 Å². The quantitative estimate of drug-likeness (QED) is 0.476. The molecule has 3 heterocycles. The second-order valence-corrected chi connectivity index (χ2v) is 7.67. The molecule has 1 aromatic carbocycles. The van der Waals surface area contributed by atoms with Gasteiger partial charge in [0.25, 0.3) is 5.56 Å². The van der Waals surface area contributed by atoms with E-state index in [-0.39, 0.29) is 30.1 Å². The Labute approximate surface area is 174 Å². The highest BCUT2D eigenvalue weighted by molar-refractivity contribution is 6.30. The second kappa shape index (κ2) is 7.13. The van der Waals surface area contributed by atoms with Crippen molar-refractivity contribution in [2.75, 3.05) is 0 Å². The van der Waals surface area contributed by atoms with E-state index >= 15 is 0 Å². The number of aromatic nitrogens is 6. The SMILES string of the molecule is Cn1cnc2ncn(Cc3nn(C4CC(Oc5ccc(Cl)cc5)C4)c(=O)o3)c(=O)c21. The molecule has 3 aromatic heterocycles. The minimum absolute atomic E-state index is 0.00656. The molecule has 0 N–H and O–H groups in total. The molecule has 10 nitrogen and oxygen atoms in total. The Kier molecular flexibility index (Phi) is 4.43. The lowest BCUT2D eigenvalue weighted by atomic mass is 9.89. The molecular formula is C19H17ClN6O4. The number of nitrogens with zero attached hydrogens (tertiary/aromatic N) is 6. The third kappa shape index (κ3) is 3.28. The summed E-state index contributed by atoms with van der Waals surface area (Å²) in [5, 5.41) is 4.91. The normalized spacial score (nSPS) is 18.5. The van der Waals surface area contributed by atoms with Crippen LogP contribution in [0.5, 0.6) is 5.75 Å². The van der Waals surface area contributed by atoms with E-state index in [9.17, 15) is 9.59 Å². The molecule has 4 aromatic rings. The fourth-order valence-corrected chi connectivity index (χ4v) is 3.62. The van der Waals surface area contributed by atoms with E-state index in [2.05, 4.69) is 15.1 Å². The average molecular weight is 429 g/mol. The zero-order valence-corrected chi connectivity index (χ0v) is 16.7. The van der Waals surface area contributed by atoms with Crippen molar-refractivity contribution in [2.24, 2.45) is 7.05 Å². The maximum Gasteiger partial charge on any atom is 0.437 e. The highest BCUT2D eigenvalue weighted by Crippen LogP contribution is 2.34. The summed E-state index contributed by atoms with van der Waals surface area (Å²) in [7, 11) is 1.72. The van der Waals surface area contributed by atoms with Crippen LogP contribution in [0, 0.1) is 0 Å². The lowest BCUT2D eigenvalue weighted by Gasteiger charge is -2.34. The molecule has 1 aliphatic carbocycles. The molecule has 0 aliphatic heterocycles. The monoisotopic (exact) mass is 428 g/mol. The van der Waals surface area contributed by atoms with Gasteiger partial charge >= 0.3 is 5.76 Å². The Balaban J connectivity index is 1.29. The predicted molar refractivity (Wildman–Crippen MR) is 107 cm³/mol. The molecule has 11 heteroatoms. The number of hydrogen-bond donors (Lipinski definition) is 0. The smallest absolute Gasteiger partial charge is 0.437 e. The highest BCUT2D eigenvalue weighted by atomic mass is 35.5. The highest BCUT2D eigenvalue weighted by Gasteiger charge is 2.35. The van der Waals surface area contributed by atoms with Gasteiger partial charge in [0.05, 0.1) is 12.4 Å². The van der Waals surface area contributed by atoms with Gasteiger partial charge < -0.3 is 13.7 Å². The first kappa shape index (κ1) is 18.6. The molecule has 0 radical (unpaired) electrons. The van der Waals surface area contributed by atoms with Gasteiger partial charge in [-0.1, -0.05) is 11.6 Å². The molecule has 30 heavy (non-hydrogen) atoms. The van der Waals surface area contributed by atoms with Crippen molar-refractivity contribution in [1.82, 2.24) is 28.9 Å². The summed E-state index contributed by atoms with van der Waals surface area (Å²) in [5.74, 6) is 0.323. The van der Waals surface area contributed by atoms with Crippen LogP contribution in [-0.4, -0.2) is 35.0 Å². The van der Waals surface area contributed by atoms with Gasteiger partial charge in [0.2, 0.25) is 5.89 Å². The van der Waals surface area contributed by atoms with Crippen LogP contribution in [0.4, 0.5) is 0 Å². The fraction of sp³-hybridized carbons (Fsp3) is 0.316. The molecule has 5 rings (SSSR count). The number of rotatable bonds is 5. The van der Waals surface area contributed by atoms with Gasteiger partial charge in [0.15, 0.2) is 11.2 Å². The summed E-state index contributed by atoms with van der Waals surface area (Å²) in [5.41, 5.74) is 0.463. The van der Waals surface area contributed by atoms with Crippen LogP contribution in [0.3, 0.4) is 0 Å². The van der Waals surface area contributed by atoms with Crippen molar-refractivity contribution in [2.45, 2.75) is 31.5 Å². The van der Waals surface area contributed by atoms with Gasteiger partial charge in [-0.2, -0.15) is 4.68 Å². The largest absolute Gasteiger partial charge is 0.490 e. The summed E-state index contributed by atoms with van der Waals surface area (Å²) >= 11 is 5.88. The number of hydrogen-bond acceptors (Lipinski definition) is 7. The number of aryl methyl sites for hydroxylation is 1. The zero-order chi connectivity index (χ0) is 20.8. The summed E-state index contributed by atoms with van der Waals surface area (Å²) in [6.07, 6.45) is 4.16. The van der Waals surface area contributed by atoms with Crippen molar-refractivity contribution in [3.63, 3.8) is 0 Å². The van der Waals surface area contributed by atoms with Crippen LogP contribution in [-0.2, 0) is 13.6 Å². The van der Waals surface area contributed by atoms with Crippen LogP contribution in [0.1, 0.15) is 24.8 Å². The van der Waals surface area contributed by atoms with E-state index < -0.39 is 5.76 Å². The van der Waals surface area contributed by atoms with Gasteiger partial charge in [-0.05, 0) is 24.3 Å². The second-order valence-electron chi connectivity index (χ2n) is 7.23. The predicted octanol–water partition coefficient (Wildman–Crippen LogP) is 1.76. The van der Waals surface area contributed by atoms with Crippen LogP contribution in [0.25, 0.3) is 11.2 Å². The molecule has 0 unspecified atom stereocenters. The first-order valence-electron chi connectivity index (χ1n) is 9.35. The summed E-state index contributed by atoms with van der Waals surface area (Å²) in [6, 6.07) is 7.03. The van der Waals surface area contributed by atoms with E-state index in [0.717, 1.165) is 5.75 Å². The van der Waals surface area contributed by atoms with Gasteiger partial charge in [-0.3, -0.25) is 9.36 Å². The van der Waals surface area contributed by atoms with Crippen LogP contribution in [0.2, 0.25) is 5.02 Å². The van der Waals surface area contributed by atoms with E-state index in [1.807, 2.05) is 0 Å². The Morgan fingerprint density at radius 3 is 2.67 bits per heavy atom. The number of halogens is 1. The Bertz CT molecular complexity index is 1330. The maximum absolute atomic E-state index is 12.6. The Hall–Kier alpha value is -3.40. The number of benzene rings is 1. The molecule has 1 aliphatic rings. The zero-order valence-electron chi connectivity index (χ0n) is 15.9. The molecule has 1 saturated carbocycles. The van der Waals surface area contributed by atoms with Crippen molar-refractivity contribution in [3.8, 4) is 5.75 Å². The molecule has 0 atom stereocenters. The Morgan fingerprint density at radius 2 is 1.90 bits per heavy atom. The minimum Gasteiger partial charge on any atom is -0.490 e. The maximum atomic E-state index is 12.6. The van der Waals surface area contributed by atoms with Gasteiger partial charge in [-0.15, -0.1) is 5.10 Å². The molecule has 1 fully saturated rings. The summed E-state index contributed by atoms with van der Waals surface area (Å²) < 4.78 is 15.4. The van der Waals surface area contributed by atoms with Gasteiger partial charge in [-0.25, -0.2) is 14.8 Å². The molecule has 0 amide bonds. The van der Waals surface area contributed by atoms with Gasteiger partial charge in [0, 0.05) is 24.9 Å². The molecule has 0 spiro atoms. The standard InChI is InChI=1S/C19H17ClN6O4/c1-24-9-21-17-16(24)18(27)25(10-22-17)8-15-23-26(19(28)30-15)12-6-14(7-12)29-13-4-2-11(20)3-5-13/h2-5,9-10,12,14H,6-8H2,1H3. The average Bonchev–Trinajstić information content (AvgIpc) is 3.24. The molecular weight excluding hydrogens is 412 g/mol. The van der Waals surface area contributed by atoms with Gasteiger partial charge in [0.1, 0.15) is 24.7 Å². The van der Waals surface area contributed by atoms with E-state index in [1.54, 1.807) is 35.9 Å². The Morgan fingerprint density at radius 1 is 1.17 bits per heavy atom. The summed E-state index contributed by atoms with van der Waals surface area (Å²) in [4.78, 5) is 33.1. The number of ether oxygens (including phenoxy) is 1. The summed E-state index contributed by atoms with van der Waals surface area (Å²) in [6.45, 7) is 0.00656. The van der Waals surface area contributed by atoms with Crippen molar-refractivity contribution >= 4 is 22.8 Å². The topological polar surface area (TPSA) is 110 Å². The van der Waals surface area contributed by atoms with Crippen molar-refractivity contribution < 1.29 is 9.15 Å². The molecule has 0 saturated heterocycles. The lowest BCUT2D eigenvalue weighted by Crippen LogP contribution is -2.39. The number of fused-ring (bicyclic) bond motifs is 1. The first-order chi connectivity index (χ1) is 14.5.